The molecular weight excluding hydrogens is 310 g/mol. The average Bonchev–Trinajstić information content (AvgIpc) is 2.60. The Labute approximate surface area is 142 Å². The van der Waals surface area contributed by atoms with Gasteiger partial charge in [0.05, 0.1) is 25.6 Å². The topological polar surface area (TPSA) is 84.9 Å². The van der Waals surface area contributed by atoms with Crippen LogP contribution < -0.4 is 14.8 Å². The summed E-state index contributed by atoms with van der Waals surface area (Å²) in [6, 6.07) is 5.49. The molecule has 1 saturated carbocycles. The maximum atomic E-state index is 12.4. The molecule has 1 aromatic carbocycles. The summed E-state index contributed by atoms with van der Waals surface area (Å²) in [5, 5.41) is 12.1. The number of amides is 1. The molecule has 0 spiro atoms. The van der Waals surface area contributed by atoms with Gasteiger partial charge in [-0.05, 0) is 37.5 Å². The molecule has 1 amide bonds. The number of methoxy groups -OCH3 is 1. The number of hydrogen-bond donors (Lipinski definition) is 2. The Kier molecular flexibility index (Phi) is 6.46. The third kappa shape index (κ3) is 4.40. The Morgan fingerprint density at radius 2 is 1.92 bits per heavy atom. The van der Waals surface area contributed by atoms with E-state index in [4.69, 9.17) is 9.47 Å². The van der Waals surface area contributed by atoms with E-state index in [0.29, 0.717) is 37.5 Å². The van der Waals surface area contributed by atoms with Gasteiger partial charge in [0.25, 0.3) is 0 Å². The van der Waals surface area contributed by atoms with E-state index in [1.165, 1.54) is 0 Å². The van der Waals surface area contributed by atoms with Crippen LogP contribution in [0.15, 0.2) is 18.2 Å². The highest BCUT2D eigenvalue weighted by Gasteiger charge is 2.35. The first kappa shape index (κ1) is 18.1. The van der Waals surface area contributed by atoms with Crippen LogP contribution in [0.1, 0.15) is 38.2 Å². The maximum Gasteiger partial charge on any atom is 0.307 e. The van der Waals surface area contributed by atoms with Crippen molar-refractivity contribution in [1.29, 1.82) is 0 Å². The summed E-state index contributed by atoms with van der Waals surface area (Å²) in [4.78, 5) is 23.7. The predicted molar refractivity (Wildman–Crippen MR) is 89.1 cm³/mol. The quantitative estimate of drug-likeness (QED) is 0.800. The van der Waals surface area contributed by atoms with E-state index in [0.717, 1.165) is 18.4 Å². The molecule has 2 atom stereocenters. The molecule has 2 rings (SSSR count). The second-order valence-electron chi connectivity index (χ2n) is 5.97. The molecule has 24 heavy (non-hydrogen) atoms. The highest BCUT2D eigenvalue weighted by atomic mass is 16.5. The fourth-order valence-corrected chi connectivity index (χ4v) is 3.16. The summed E-state index contributed by atoms with van der Waals surface area (Å²) < 4.78 is 10.8. The number of benzene rings is 1. The molecule has 6 heteroatoms. The van der Waals surface area contributed by atoms with E-state index < -0.39 is 17.8 Å². The summed E-state index contributed by atoms with van der Waals surface area (Å²) in [5.41, 5.74) is 0.885. The zero-order chi connectivity index (χ0) is 17.5. The third-order valence-electron chi connectivity index (χ3n) is 4.41. The largest absolute Gasteiger partial charge is 0.493 e. The van der Waals surface area contributed by atoms with E-state index >= 15 is 0 Å². The minimum Gasteiger partial charge on any atom is -0.493 e. The molecule has 0 saturated heterocycles. The zero-order valence-electron chi connectivity index (χ0n) is 14.2. The highest BCUT2D eigenvalue weighted by Crippen LogP contribution is 2.31. The van der Waals surface area contributed by atoms with Gasteiger partial charge < -0.3 is 19.9 Å². The van der Waals surface area contributed by atoms with Crippen LogP contribution in [0, 0.1) is 11.8 Å². The van der Waals surface area contributed by atoms with Crippen LogP contribution in [0.25, 0.3) is 0 Å². The van der Waals surface area contributed by atoms with Gasteiger partial charge in [-0.25, -0.2) is 0 Å². The smallest absolute Gasteiger partial charge is 0.307 e. The fraction of sp³-hybridized carbons (Fsp3) is 0.556. The summed E-state index contributed by atoms with van der Waals surface area (Å²) >= 11 is 0. The lowest BCUT2D eigenvalue weighted by Crippen LogP contribution is -2.39. The molecule has 1 aliphatic rings. The van der Waals surface area contributed by atoms with Gasteiger partial charge in [0.1, 0.15) is 0 Å². The standard InChI is InChI=1S/C18H25NO5/c1-3-24-16-10-12(8-9-15(16)23-2)11-19-17(20)13-6-4-5-7-14(13)18(21)22/h8-10,13-14H,3-7,11H2,1-2H3,(H,19,20)(H,21,22)/t13-,14+/m1/s1. The van der Waals surface area contributed by atoms with E-state index in [2.05, 4.69) is 5.32 Å². The lowest BCUT2D eigenvalue weighted by molar-refractivity contribution is -0.148. The van der Waals surface area contributed by atoms with Crippen LogP contribution in [0.5, 0.6) is 11.5 Å². The monoisotopic (exact) mass is 335 g/mol. The Bertz CT molecular complexity index is 587. The minimum absolute atomic E-state index is 0.184. The van der Waals surface area contributed by atoms with Crippen molar-refractivity contribution < 1.29 is 24.2 Å². The first-order valence-corrected chi connectivity index (χ1v) is 8.37. The molecule has 0 aliphatic heterocycles. The average molecular weight is 335 g/mol. The maximum absolute atomic E-state index is 12.4. The number of aliphatic carboxylic acids is 1. The number of carbonyl (C=O) groups excluding carboxylic acids is 1. The molecule has 0 radical (unpaired) electrons. The molecule has 2 N–H and O–H groups in total. The summed E-state index contributed by atoms with van der Waals surface area (Å²) in [7, 11) is 1.58. The van der Waals surface area contributed by atoms with Gasteiger partial charge in [-0.2, -0.15) is 0 Å². The number of rotatable bonds is 7. The first-order valence-electron chi connectivity index (χ1n) is 8.37. The number of hydrogen-bond acceptors (Lipinski definition) is 4. The molecular formula is C18H25NO5. The second-order valence-corrected chi connectivity index (χ2v) is 5.97. The molecule has 6 nitrogen and oxygen atoms in total. The number of carboxylic acid groups (broad SMARTS) is 1. The molecule has 0 aromatic heterocycles. The van der Waals surface area contributed by atoms with Crippen molar-refractivity contribution in [2.75, 3.05) is 13.7 Å². The number of carboxylic acids is 1. The third-order valence-corrected chi connectivity index (χ3v) is 4.41. The molecule has 1 aliphatic carbocycles. The number of ether oxygens (including phenoxy) is 2. The van der Waals surface area contributed by atoms with Crippen molar-refractivity contribution in [2.24, 2.45) is 11.8 Å². The predicted octanol–water partition coefficient (Wildman–Crippen LogP) is 2.60. The van der Waals surface area contributed by atoms with Crippen LogP contribution in [0.4, 0.5) is 0 Å². The molecule has 132 valence electrons. The van der Waals surface area contributed by atoms with Gasteiger partial charge in [-0.1, -0.05) is 18.9 Å². The van der Waals surface area contributed by atoms with Crippen LogP contribution in [-0.2, 0) is 16.1 Å². The first-order chi connectivity index (χ1) is 11.6. The van der Waals surface area contributed by atoms with Crippen LogP contribution in [-0.4, -0.2) is 30.7 Å². The Morgan fingerprint density at radius 3 is 2.54 bits per heavy atom. The molecule has 1 aromatic rings. The zero-order valence-corrected chi connectivity index (χ0v) is 14.2. The second kappa shape index (κ2) is 8.57. The van der Waals surface area contributed by atoms with Crippen molar-refractivity contribution in [3.8, 4) is 11.5 Å². The van der Waals surface area contributed by atoms with Crippen molar-refractivity contribution in [3.05, 3.63) is 23.8 Å². The Hall–Kier alpha value is -2.24. The van der Waals surface area contributed by atoms with Gasteiger partial charge in [0.15, 0.2) is 11.5 Å². The van der Waals surface area contributed by atoms with Gasteiger partial charge in [-0.15, -0.1) is 0 Å². The van der Waals surface area contributed by atoms with Crippen LogP contribution >= 0.6 is 0 Å². The molecule has 0 bridgehead atoms. The molecule has 0 unspecified atom stereocenters. The van der Waals surface area contributed by atoms with Gasteiger partial charge in [-0.3, -0.25) is 9.59 Å². The molecule has 0 heterocycles. The lowest BCUT2D eigenvalue weighted by Gasteiger charge is -2.27. The van der Waals surface area contributed by atoms with Crippen molar-refractivity contribution in [1.82, 2.24) is 5.32 Å². The summed E-state index contributed by atoms with van der Waals surface area (Å²) in [6.45, 7) is 2.75. The van der Waals surface area contributed by atoms with E-state index in [1.807, 2.05) is 19.1 Å². The minimum atomic E-state index is -0.877. The van der Waals surface area contributed by atoms with Crippen molar-refractivity contribution in [2.45, 2.75) is 39.2 Å². The SMILES string of the molecule is CCOc1cc(CNC(=O)[C@@H]2CCCC[C@@H]2C(=O)O)ccc1OC. The number of carbonyl (C=O) groups is 2. The van der Waals surface area contributed by atoms with E-state index in [9.17, 15) is 14.7 Å². The fourth-order valence-electron chi connectivity index (χ4n) is 3.16. The normalized spacial score (nSPS) is 20.2. The van der Waals surface area contributed by atoms with Crippen molar-refractivity contribution in [3.63, 3.8) is 0 Å². The lowest BCUT2D eigenvalue weighted by atomic mass is 9.78. The van der Waals surface area contributed by atoms with E-state index in [1.54, 1.807) is 13.2 Å². The van der Waals surface area contributed by atoms with Gasteiger partial charge >= 0.3 is 5.97 Å². The summed E-state index contributed by atoms with van der Waals surface area (Å²) in [6.07, 6.45) is 2.98. The highest BCUT2D eigenvalue weighted by molar-refractivity contribution is 5.84. The molecule has 1 fully saturated rings. The van der Waals surface area contributed by atoms with Crippen LogP contribution in [0.2, 0.25) is 0 Å². The Morgan fingerprint density at radius 1 is 1.21 bits per heavy atom. The van der Waals surface area contributed by atoms with Gasteiger partial charge in [0, 0.05) is 6.54 Å². The summed E-state index contributed by atoms with van der Waals surface area (Å²) in [5.74, 6) is -0.804. The van der Waals surface area contributed by atoms with Gasteiger partial charge in [0.2, 0.25) is 5.91 Å². The van der Waals surface area contributed by atoms with E-state index in [-0.39, 0.29) is 5.91 Å². The number of nitrogens with one attached hydrogen (secondary N) is 1. The Balaban J connectivity index is 2.00. The van der Waals surface area contributed by atoms with Crippen LogP contribution in [0.3, 0.4) is 0 Å². The van der Waals surface area contributed by atoms with Crippen molar-refractivity contribution >= 4 is 11.9 Å².